The second kappa shape index (κ2) is 8.52. The van der Waals surface area contributed by atoms with Gasteiger partial charge in [0.05, 0.1) is 6.10 Å². The maximum absolute atomic E-state index is 10.4. The molecule has 0 spiro atoms. The summed E-state index contributed by atoms with van der Waals surface area (Å²) in [5.41, 5.74) is 1.02. The lowest BCUT2D eigenvalue weighted by Gasteiger charge is -2.37. The van der Waals surface area contributed by atoms with Crippen LogP contribution in [0.2, 0.25) is 0 Å². The molecule has 1 fully saturated rings. The van der Waals surface area contributed by atoms with Gasteiger partial charge in [0.25, 0.3) is 0 Å². The summed E-state index contributed by atoms with van der Waals surface area (Å²) in [6, 6.07) is 10.6. The van der Waals surface area contributed by atoms with E-state index in [0.29, 0.717) is 12.0 Å². The number of hydrogen-bond donors (Lipinski definition) is 2. The van der Waals surface area contributed by atoms with E-state index in [1.54, 1.807) is 0 Å². The van der Waals surface area contributed by atoms with E-state index in [0.717, 1.165) is 31.7 Å². The standard InChI is InChI=1S/C18H30N2O/c1-15(2)12-19-13-17-10-6-7-11-20(17)14-18(21)16-8-4-3-5-9-16/h3-5,8-9,15,17-19,21H,6-7,10-14H2,1-2H3. The lowest BCUT2D eigenvalue weighted by atomic mass is 10.00. The molecule has 1 aromatic carbocycles. The second-order valence-corrected chi connectivity index (χ2v) is 6.62. The van der Waals surface area contributed by atoms with Gasteiger partial charge < -0.3 is 10.4 Å². The number of nitrogens with zero attached hydrogens (tertiary/aromatic N) is 1. The van der Waals surface area contributed by atoms with Gasteiger partial charge in [-0.25, -0.2) is 0 Å². The summed E-state index contributed by atoms with van der Waals surface area (Å²) in [6.45, 7) is 8.46. The maximum Gasteiger partial charge on any atom is 0.0917 e. The van der Waals surface area contributed by atoms with Crippen LogP contribution in [0.1, 0.15) is 44.8 Å². The van der Waals surface area contributed by atoms with Crippen LogP contribution >= 0.6 is 0 Å². The Balaban J connectivity index is 1.86. The van der Waals surface area contributed by atoms with Gasteiger partial charge in [-0.1, -0.05) is 50.6 Å². The van der Waals surface area contributed by atoms with Crippen molar-refractivity contribution in [1.29, 1.82) is 0 Å². The van der Waals surface area contributed by atoms with Crippen molar-refractivity contribution in [1.82, 2.24) is 10.2 Å². The third kappa shape index (κ3) is 5.42. The number of aliphatic hydroxyl groups excluding tert-OH is 1. The van der Waals surface area contributed by atoms with Crippen molar-refractivity contribution < 1.29 is 5.11 Å². The molecule has 1 aliphatic rings. The highest BCUT2D eigenvalue weighted by molar-refractivity contribution is 5.17. The number of aliphatic hydroxyl groups is 1. The van der Waals surface area contributed by atoms with E-state index in [1.807, 2.05) is 30.3 Å². The van der Waals surface area contributed by atoms with Gasteiger partial charge in [0.1, 0.15) is 0 Å². The van der Waals surface area contributed by atoms with Crippen molar-refractivity contribution in [2.75, 3.05) is 26.2 Å². The third-order valence-corrected chi connectivity index (χ3v) is 4.27. The van der Waals surface area contributed by atoms with Crippen molar-refractivity contribution >= 4 is 0 Å². The van der Waals surface area contributed by atoms with E-state index in [9.17, 15) is 5.11 Å². The average Bonchev–Trinajstić information content (AvgIpc) is 2.49. The third-order valence-electron chi connectivity index (χ3n) is 4.27. The monoisotopic (exact) mass is 290 g/mol. The summed E-state index contributed by atoms with van der Waals surface area (Å²) in [5, 5.41) is 14.0. The molecule has 0 saturated carbocycles. The molecule has 1 aromatic rings. The zero-order chi connectivity index (χ0) is 15.1. The molecule has 118 valence electrons. The Labute approximate surface area is 129 Å². The lowest BCUT2D eigenvalue weighted by Crippen LogP contribution is -2.47. The summed E-state index contributed by atoms with van der Waals surface area (Å²) in [7, 11) is 0. The number of likely N-dealkylation sites (tertiary alicyclic amines) is 1. The largest absolute Gasteiger partial charge is 0.387 e. The molecule has 0 radical (unpaired) electrons. The van der Waals surface area contributed by atoms with Crippen LogP contribution in [0.15, 0.2) is 30.3 Å². The Morgan fingerprint density at radius 2 is 2.00 bits per heavy atom. The number of benzene rings is 1. The molecule has 1 saturated heterocycles. The van der Waals surface area contributed by atoms with Gasteiger partial charge in [-0.15, -0.1) is 0 Å². The number of piperidine rings is 1. The molecule has 1 heterocycles. The lowest BCUT2D eigenvalue weighted by molar-refractivity contribution is 0.0666. The smallest absolute Gasteiger partial charge is 0.0917 e. The molecule has 2 atom stereocenters. The van der Waals surface area contributed by atoms with Crippen LogP contribution in [0.4, 0.5) is 0 Å². The van der Waals surface area contributed by atoms with Crippen LogP contribution in [0, 0.1) is 5.92 Å². The Kier molecular flexibility index (Phi) is 6.68. The van der Waals surface area contributed by atoms with Crippen LogP contribution in [0.25, 0.3) is 0 Å². The second-order valence-electron chi connectivity index (χ2n) is 6.62. The predicted octanol–water partition coefficient (Wildman–Crippen LogP) is 2.82. The van der Waals surface area contributed by atoms with Crippen molar-refractivity contribution in [2.24, 2.45) is 5.92 Å². The zero-order valence-corrected chi connectivity index (χ0v) is 13.5. The first-order valence-electron chi connectivity index (χ1n) is 8.34. The van der Waals surface area contributed by atoms with E-state index in [4.69, 9.17) is 0 Å². The molecule has 1 aliphatic heterocycles. The fourth-order valence-corrected chi connectivity index (χ4v) is 3.07. The molecule has 2 rings (SSSR count). The van der Waals surface area contributed by atoms with Crippen molar-refractivity contribution in [3.05, 3.63) is 35.9 Å². The highest BCUT2D eigenvalue weighted by Crippen LogP contribution is 2.21. The summed E-state index contributed by atoms with van der Waals surface area (Å²) < 4.78 is 0. The highest BCUT2D eigenvalue weighted by Gasteiger charge is 2.24. The molecule has 21 heavy (non-hydrogen) atoms. The molecular weight excluding hydrogens is 260 g/mol. The summed E-state index contributed by atoms with van der Waals surface area (Å²) in [4.78, 5) is 2.47. The quantitative estimate of drug-likeness (QED) is 0.810. The van der Waals surface area contributed by atoms with Crippen LogP contribution in [0.3, 0.4) is 0 Å². The van der Waals surface area contributed by atoms with E-state index in [-0.39, 0.29) is 6.10 Å². The van der Waals surface area contributed by atoms with Crippen LogP contribution in [0.5, 0.6) is 0 Å². The van der Waals surface area contributed by atoms with E-state index >= 15 is 0 Å². The molecule has 2 unspecified atom stereocenters. The molecule has 0 bridgehead atoms. The van der Waals surface area contributed by atoms with Gasteiger partial charge in [-0.05, 0) is 37.4 Å². The van der Waals surface area contributed by atoms with Gasteiger partial charge in [-0.2, -0.15) is 0 Å². The van der Waals surface area contributed by atoms with Crippen LogP contribution in [-0.2, 0) is 0 Å². The number of nitrogens with one attached hydrogen (secondary N) is 1. The molecular formula is C18H30N2O. The number of rotatable bonds is 7. The minimum atomic E-state index is -0.378. The summed E-state index contributed by atoms with van der Waals surface area (Å²) >= 11 is 0. The summed E-state index contributed by atoms with van der Waals surface area (Å²) in [5.74, 6) is 0.692. The van der Waals surface area contributed by atoms with E-state index in [1.165, 1.54) is 19.3 Å². The highest BCUT2D eigenvalue weighted by atomic mass is 16.3. The van der Waals surface area contributed by atoms with E-state index < -0.39 is 0 Å². The first-order valence-corrected chi connectivity index (χ1v) is 8.34. The minimum Gasteiger partial charge on any atom is -0.387 e. The van der Waals surface area contributed by atoms with Gasteiger partial charge in [0.15, 0.2) is 0 Å². The van der Waals surface area contributed by atoms with Crippen molar-refractivity contribution in [3.63, 3.8) is 0 Å². The van der Waals surface area contributed by atoms with Gasteiger partial charge in [-0.3, -0.25) is 4.90 Å². The molecule has 3 heteroatoms. The Morgan fingerprint density at radius 3 is 2.71 bits per heavy atom. The number of hydrogen-bond acceptors (Lipinski definition) is 3. The topological polar surface area (TPSA) is 35.5 Å². The minimum absolute atomic E-state index is 0.378. The fraction of sp³-hybridized carbons (Fsp3) is 0.667. The fourth-order valence-electron chi connectivity index (χ4n) is 3.07. The summed E-state index contributed by atoms with van der Waals surface area (Å²) in [6.07, 6.45) is 3.43. The Hall–Kier alpha value is -0.900. The molecule has 3 nitrogen and oxygen atoms in total. The normalized spacial score (nSPS) is 21.6. The van der Waals surface area contributed by atoms with Crippen molar-refractivity contribution in [2.45, 2.75) is 45.3 Å². The number of β-amino-alcohol motifs (C(OH)–C–C–N with tert-alkyl or cyclic N) is 1. The molecule has 2 N–H and O–H groups in total. The predicted molar refractivity (Wildman–Crippen MR) is 88.3 cm³/mol. The van der Waals surface area contributed by atoms with E-state index in [2.05, 4.69) is 24.1 Å². The Bertz CT molecular complexity index is 393. The van der Waals surface area contributed by atoms with Crippen molar-refractivity contribution in [3.8, 4) is 0 Å². The maximum atomic E-state index is 10.4. The zero-order valence-electron chi connectivity index (χ0n) is 13.5. The van der Waals surface area contributed by atoms with Gasteiger partial charge in [0, 0.05) is 19.1 Å². The van der Waals surface area contributed by atoms with Crippen LogP contribution in [-0.4, -0.2) is 42.2 Å². The average molecular weight is 290 g/mol. The molecule has 0 aromatic heterocycles. The Morgan fingerprint density at radius 1 is 1.24 bits per heavy atom. The molecule has 0 aliphatic carbocycles. The first-order chi connectivity index (χ1) is 10.2. The molecule has 0 amide bonds. The van der Waals surface area contributed by atoms with Gasteiger partial charge >= 0.3 is 0 Å². The van der Waals surface area contributed by atoms with Gasteiger partial charge in [0.2, 0.25) is 0 Å². The first kappa shape index (κ1) is 16.5. The van der Waals surface area contributed by atoms with Crippen LogP contribution < -0.4 is 5.32 Å². The SMILES string of the molecule is CC(C)CNCC1CCCCN1CC(O)c1ccccc1.